The number of thiazole rings is 1. The Morgan fingerprint density at radius 3 is 2.56 bits per heavy atom. The first-order chi connectivity index (χ1) is 11.8. The number of sulfonamides is 1. The summed E-state index contributed by atoms with van der Waals surface area (Å²) in [4.78, 5) is 12.2. The molecule has 0 bridgehead atoms. The molecule has 0 saturated heterocycles. The van der Waals surface area contributed by atoms with Crippen LogP contribution in [0.3, 0.4) is 0 Å². The molecule has 1 N–H and O–H groups in total. The van der Waals surface area contributed by atoms with Gasteiger partial charge in [0.25, 0.3) is 10.0 Å². The Hall–Kier alpha value is -2.12. The van der Waals surface area contributed by atoms with Crippen molar-refractivity contribution in [2.45, 2.75) is 38.1 Å². The van der Waals surface area contributed by atoms with Crippen molar-refractivity contribution >= 4 is 37.3 Å². The fourth-order valence-corrected chi connectivity index (χ4v) is 5.06. The second-order valence-corrected chi connectivity index (χ2v) is 8.75. The highest BCUT2D eigenvalue weighted by atomic mass is 32.2. The molecular formula is C18H20N2O3S2. The molecule has 7 heteroatoms. The van der Waals surface area contributed by atoms with Gasteiger partial charge in [-0.3, -0.25) is 14.1 Å². The number of benzene rings is 2. The maximum atomic E-state index is 12.7. The van der Waals surface area contributed by atoms with E-state index in [0.29, 0.717) is 10.4 Å². The highest BCUT2D eigenvalue weighted by Gasteiger charge is 2.18. The van der Waals surface area contributed by atoms with E-state index in [1.165, 1.54) is 0 Å². The number of nitrogens with one attached hydrogen (secondary N) is 1. The lowest BCUT2D eigenvalue weighted by atomic mass is 10.1. The molecule has 0 aliphatic rings. The van der Waals surface area contributed by atoms with Crippen LogP contribution in [0.25, 0.3) is 10.2 Å². The van der Waals surface area contributed by atoms with Gasteiger partial charge in [0.2, 0.25) is 0 Å². The van der Waals surface area contributed by atoms with E-state index in [1.807, 2.05) is 32.9 Å². The molecule has 0 aliphatic heterocycles. The van der Waals surface area contributed by atoms with Crippen LogP contribution in [0, 0.1) is 0 Å². The van der Waals surface area contributed by atoms with Gasteiger partial charge in [-0.25, -0.2) is 8.42 Å². The van der Waals surface area contributed by atoms with E-state index >= 15 is 0 Å². The molecule has 5 nitrogen and oxygen atoms in total. The van der Waals surface area contributed by atoms with Crippen molar-refractivity contribution in [2.75, 3.05) is 4.72 Å². The van der Waals surface area contributed by atoms with Gasteiger partial charge >= 0.3 is 4.87 Å². The van der Waals surface area contributed by atoms with E-state index in [2.05, 4.69) is 4.72 Å². The van der Waals surface area contributed by atoms with Crippen LogP contribution in [0.2, 0.25) is 0 Å². The minimum Gasteiger partial charge on any atom is -0.296 e. The molecule has 0 atom stereocenters. The molecule has 1 heterocycles. The van der Waals surface area contributed by atoms with E-state index in [9.17, 15) is 13.2 Å². The number of hydrogen-bond donors (Lipinski definition) is 1. The van der Waals surface area contributed by atoms with Gasteiger partial charge in [0, 0.05) is 6.04 Å². The average molecular weight is 377 g/mol. The van der Waals surface area contributed by atoms with E-state index in [-0.39, 0.29) is 15.8 Å². The standard InChI is InChI=1S/C18H20N2O3S2/c1-4-13-7-5-6-8-15(13)19-25(22,23)14-9-10-16-17(11-14)24-18(21)20(16)12(2)3/h5-12,19H,4H2,1-3H3. The third-order valence-corrected chi connectivity index (χ3v) is 6.34. The second-order valence-electron chi connectivity index (χ2n) is 6.08. The Kier molecular flexibility index (Phi) is 4.71. The minimum absolute atomic E-state index is 0.0262. The van der Waals surface area contributed by atoms with Gasteiger partial charge in [-0.2, -0.15) is 0 Å². The summed E-state index contributed by atoms with van der Waals surface area (Å²) in [5, 5.41) is 0. The summed E-state index contributed by atoms with van der Waals surface area (Å²) in [6.07, 6.45) is 0.733. The van der Waals surface area contributed by atoms with Gasteiger partial charge in [-0.05, 0) is 50.1 Å². The predicted octanol–water partition coefficient (Wildman–Crippen LogP) is 4.01. The molecule has 0 radical (unpaired) electrons. The predicted molar refractivity (Wildman–Crippen MR) is 103 cm³/mol. The van der Waals surface area contributed by atoms with Crippen molar-refractivity contribution in [3.05, 3.63) is 57.7 Å². The van der Waals surface area contributed by atoms with E-state index in [1.54, 1.807) is 34.9 Å². The molecule has 2 aromatic carbocycles. The Balaban J connectivity index is 2.04. The van der Waals surface area contributed by atoms with Crippen LogP contribution in [0.1, 0.15) is 32.4 Å². The maximum absolute atomic E-state index is 12.7. The number of aryl methyl sites for hydroxylation is 1. The van der Waals surface area contributed by atoms with E-state index in [4.69, 9.17) is 0 Å². The van der Waals surface area contributed by atoms with Gasteiger partial charge in [-0.1, -0.05) is 36.5 Å². The second kappa shape index (κ2) is 6.65. The Morgan fingerprint density at radius 2 is 1.88 bits per heavy atom. The first-order valence-electron chi connectivity index (χ1n) is 8.09. The number of nitrogens with zero attached hydrogens (tertiary/aromatic N) is 1. The van der Waals surface area contributed by atoms with Crippen LogP contribution >= 0.6 is 11.3 Å². The molecule has 0 fully saturated rings. The smallest absolute Gasteiger partial charge is 0.296 e. The summed E-state index contributed by atoms with van der Waals surface area (Å²) >= 11 is 1.07. The summed E-state index contributed by atoms with van der Waals surface area (Å²) < 4.78 is 30.5. The van der Waals surface area contributed by atoms with Crippen molar-refractivity contribution in [1.29, 1.82) is 0 Å². The molecule has 25 heavy (non-hydrogen) atoms. The van der Waals surface area contributed by atoms with Crippen molar-refractivity contribution in [2.24, 2.45) is 0 Å². The van der Waals surface area contributed by atoms with Crippen LogP contribution < -0.4 is 9.60 Å². The van der Waals surface area contributed by atoms with Crippen LogP contribution in [-0.4, -0.2) is 13.0 Å². The van der Waals surface area contributed by atoms with Gasteiger partial charge in [0.15, 0.2) is 0 Å². The first-order valence-corrected chi connectivity index (χ1v) is 10.4. The van der Waals surface area contributed by atoms with Crippen molar-refractivity contribution in [3.63, 3.8) is 0 Å². The van der Waals surface area contributed by atoms with E-state index < -0.39 is 10.0 Å². The average Bonchev–Trinajstić information content (AvgIpc) is 2.90. The molecule has 132 valence electrons. The van der Waals surface area contributed by atoms with Crippen LogP contribution in [-0.2, 0) is 16.4 Å². The van der Waals surface area contributed by atoms with Crippen molar-refractivity contribution in [1.82, 2.24) is 4.57 Å². The lowest BCUT2D eigenvalue weighted by Gasteiger charge is -2.12. The van der Waals surface area contributed by atoms with Gasteiger partial charge in [-0.15, -0.1) is 0 Å². The Morgan fingerprint density at radius 1 is 1.16 bits per heavy atom. The topological polar surface area (TPSA) is 68.2 Å². The molecule has 3 rings (SSSR count). The largest absolute Gasteiger partial charge is 0.308 e. The van der Waals surface area contributed by atoms with Crippen LogP contribution in [0.4, 0.5) is 5.69 Å². The molecular weight excluding hydrogens is 356 g/mol. The van der Waals surface area contributed by atoms with E-state index in [0.717, 1.165) is 28.8 Å². The zero-order valence-corrected chi connectivity index (χ0v) is 15.9. The summed E-state index contributed by atoms with van der Waals surface area (Å²) in [6.45, 7) is 5.84. The number of fused-ring (bicyclic) bond motifs is 1. The lowest BCUT2D eigenvalue weighted by molar-refractivity contribution is 0.601. The quantitative estimate of drug-likeness (QED) is 0.732. The van der Waals surface area contributed by atoms with Crippen LogP contribution in [0.5, 0.6) is 0 Å². The lowest BCUT2D eigenvalue weighted by Crippen LogP contribution is -2.15. The summed E-state index contributed by atoms with van der Waals surface area (Å²) in [5.41, 5.74) is 2.28. The zero-order valence-electron chi connectivity index (χ0n) is 14.3. The fraction of sp³-hybridized carbons (Fsp3) is 0.278. The van der Waals surface area contributed by atoms with Crippen LogP contribution in [0.15, 0.2) is 52.2 Å². The zero-order chi connectivity index (χ0) is 18.2. The Bertz CT molecular complexity index is 1080. The van der Waals surface area contributed by atoms with Crippen molar-refractivity contribution in [3.8, 4) is 0 Å². The van der Waals surface area contributed by atoms with Gasteiger partial charge in [0.1, 0.15) is 0 Å². The molecule has 0 amide bonds. The summed E-state index contributed by atoms with van der Waals surface area (Å²) in [5.74, 6) is 0. The maximum Gasteiger partial charge on any atom is 0.308 e. The number of rotatable bonds is 5. The number of anilines is 1. The number of aromatic nitrogens is 1. The molecule has 0 unspecified atom stereocenters. The SMILES string of the molecule is CCc1ccccc1NS(=O)(=O)c1ccc2c(c1)sc(=O)n2C(C)C. The normalized spacial score (nSPS) is 12.0. The number of hydrogen-bond acceptors (Lipinski definition) is 4. The third kappa shape index (κ3) is 3.34. The summed E-state index contributed by atoms with van der Waals surface area (Å²) in [6, 6.07) is 12.2. The Labute approximate surface area is 151 Å². The summed E-state index contributed by atoms with van der Waals surface area (Å²) in [7, 11) is -3.72. The highest BCUT2D eigenvalue weighted by Crippen LogP contribution is 2.26. The minimum atomic E-state index is -3.72. The van der Waals surface area contributed by atoms with Gasteiger partial charge in [0.05, 0.1) is 20.8 Å². The molecule has 0 saturated carbocycles. The van der Waals surface area contributed by atoms with Crippen molar-refractivity contribution < 1.29 is 8.42 Å². The third-order valence-electron chi connectivity index (χ3n) is 4.05. The van der Waals surface area contributed by atoms with Gasteiger partial charge < -0.3 is 0 Å². The highest BCUT2D eigenvalue weighted by molar-refractivity contribution is 7.92. The first kappa shape index (κ1) is 17.7. The monoisotopic (exact) mass is 376 g/mol. The molecule has 0 aliphatic carbocycles. The fourth-order valence-electron chi connectivity index (χ4n) is 2.80. The number of para-hydroxylation sites is 1. The molecule has 0 spiro atoms. The molecule has 3 aromatic rings. The molecule has 1 aromatic heterocycles.